The second kappa shape index (κ2) is 8.50. The van der Waals surface area contributed by atoms with Crippen LogP contribution in [0.4, 0.5) is 0 Å². The molecule has 4 rings (SSSR count). The molecule has 0 spiro atoms. The summed E-state index contributed by atoms with van der Waals surface area (Å²) in [6, 6.07) is 12.8. The quantitative estimate of drug-likeness (QED) is 0.610. The maximum atomic E-state index is 12.4. The molecule has 30 heavy (non-hydrogen) atoms. The lowest BCUT2D eigenvalue weighted by Crippen LogP contribution is -2.27. The molecule has 0 saturated carbocycles. The smallest absolute Gasteiger partial charge is 0.238 e. The van der Waals surface area contributed by atoms with Gasteiger partial charge in [-0.05, 0) is 71.6 Å². The van der Waals surface area contributed by atoms with Gasteiger partial charge in [0.05, 0.1) is 18.6 Å². The van der Waals surface area contributed by atoms with E-state index in [1.807, 2.05) is 30.3 Å². The lowest BCUT2D eigenvalue weighted by Gasteiger charge is -2.25. The normalized spacial score (nSPS) is 15.3. The van der Waals surface area contributed by atoms with Crippen LogP contribution in [0, 0.1) is 0 Å². The van der Waals surface area contributed by atoms with Gasteiger partial charge in [0.2, 0.25) is 10.0 Å². The van der Waals surface area contributed by atoms with Crippen LogP contribution in [0.1, 0.15) is 29.9 Å². The van der Waals surface area contributed by atoms with Gasteiger partial charge >= 0.3 is 0 Å². The van der Waals surface area contributed by atoms with E-state index in [1.54, 1.807) is 17.9 Å². The van der Waals surface area contributed by atoms with Crippen molar-refractivity contribution in [3.8, 4) is 17.1 Å². The Morgan fingerprint density at radius 3 is 2.57 bits per heavy atom. The molecule has 0 bridgehead atoms. The topological polar surface area (TPSA) is 125 Å². The lowest BCUT2D eigenvalue weighted by atomic mass is 9.87. The zero-order chi connectivity index (χ0) is 21.1. The Hall–Kier alpha value is -2.82. The highest BCUT2D eigenvalue weighted by molar-refractivity contribution is 7.89. The number of nitrogens with zero attached hydrogens (tertiary/aromatic N) is 4. The second-order valence-electron chi connectivity index (χ2n) is 7.30. The van der Waals surface area contributed by atoms with Gasteiger partial charge in [-0.15, -0.1) is 5.10 Å². The van der Waals surface area contributed by atoms with E-state index in [1.165, 1.54) is 6.07 Å². The first-order chi connectivity index (χ1) is 14.5. The zero-order valence-corrected chi connectivity index (χ0v) is 17.5. The Morgan fingerprint density at radius 1 is 1.17 bits per heavy atom. The number of ether oxygens (including phenoxy) is 1. The van der Waals surface area contributed by atoms with Gasteiger partial charge in [0, 0.05) is 5.56 Å². The van der Waals surface area contributed by atoms with E-state index in [9.17, 15) is 8.42 Å². The van der Waals surface area contributed by atoms with Crippen molar-refractivity contribution >= 4 is 10.0 Å². The third-order valence-electron chi connectivity index (χ3n) is 5.39. The highest BCUT2D eigenvalue weighted by atomic mass is 32.2. The van der Waals surface area contributed by atoms with Crippen molar-refractivity contribution in [1.82, 2.24) is 25.5 Å². The molecule has 1 saturated heterocycles. The van der Waals surface area contributed by atoms with Gasteiger partial charge in [0.25, 0.3) is 0 Å². The van der Waals surface area contributed by atoms with E-state index in [-0.39, 0.29) is 10.8 Å². The molecule has 1 aromatic heterocycles. The van der Waals surface area contributed by atoms with Crippen molar-refractivity contribution in [2.24, 2.45) is 5.14 Å². The number of hydrogen-bond acceptors (Lipinski definition) is 7. The monoisotopic (exact) mass is 428 g/mol. The number of benzene rings is 2. The van der Waals surface area contributed by atoms with Crippen molar-refractivity contribution in [2.75, 3.05) is 20.2 Å². The van der Waals surface area contributed by atoms with Crippen LogP contribution in [0.2, 0.25) is 0 Å². The minimum absolute atomic E-state index is 0.0457. The van der Waals surface area contributed by atoms with Gasteiger partial charge in [-0.25, -0.2) is 18.2 Å². The number of methoxy groups -OCH3 is 1. The molecule has 1 aliphatic rings. The summed E-state index contributed by atoms with van der Waals surface area (Å²) in [7, 11) is -2.35. The van der Waals surface area contributed by atoms with E-state index in [2.05, 4.69) is 20.8 Å². The number of aromatic nitrogens is 4. The number of hydrogen-bond donors (Lipinski definition) is 2. The van der Waals surface area contributed by atoms with Crippen LogP contribution in [0.15, 0.2) is 47.4 Å². The molecule has 0 unspecified atom stereocenters. The van der Waals surface area contributed by atoms with Gasteiger partial charge in [-0.2, -0.15) is 0 Å². The summed E-state index contributed by atoms with van der Waals surface area (Å²) < 4.78 is 31.6. The average molecular weight is 429 g/mol. The lowest BCUT2D eigenvalue weighted by molar-refractivity contribution is 0.414. The number of nitrogens with two attached hydrogens (primary N) is 1. The Kier molecular flexibility index (Phi) is 5.80. The first-order valence-electron chi connectivity index (χ1n) is 9.73. The third kappa shape index (κ3) is 4.20. The predicted octanol–water partition coefficient (Wildman–Crippen LogP) is 1.51. The van der Waals surface area contributed by atoms with Crippen molar-refractivity contribution in [3.05, 3.63) is 53.6 Å². The molecule has 3 aromatic rings. The van der Waals surface area contributed by atoms with Crippen LogP contribution < -0.4 is 15.2 Å². The van der Waals surface area contributed by atoms with Crippen LogP contribution in [0.5, 0.6) is 5.75 Å². The molecular weight excluding hydrogens is 404 g/mol. The summed E-state index contributed by atoms with van der Waals surface area (Å²) in [5.41, 5.74) is 2.36. The summed E-state index contributed by atoms with van der Waals surface area (Å²) in [6.45, 7) is 2.14. The summed E-state index contributed by atoms with van der Waals surface area (Å²) >= 11 is 0. The zero-order valence-electron chi connectivity index (χ0n) is 16.7. The highest BCUT2D eigenvalue weighted by Gasteiger charge is 2.27. The Balaban J connectivity index is 1.80. The first-order valence-corrected chi connectivity index (χ1v) is 11.3. The molecule has 9 nitrogen and oxygen atoms in total. The summed E-state index contributed by atoms with van der Waals surface area (Å²) in [5.74, 6) is 1.35. The second-order valence-corrected chi connectivity index (χ2v) is 8.83. The molecular formula is C20H24N6O3S. The number of nitrogens with one attached hydrogen (secondary N) is 1. The number of rotatable bonds is 6. The molecule has 1 aliphatic heterocycles. The highest BCUT2D eigenvalue weighted by Crippen LogP contribution is 2.37. The molecule has 0 atom stereocenters. The third-order valence-corrected chi connectivity index (χ3v) is 6.34. The largest absolute Gasteiger partial charge is 0.497 e. The van der Waals surface area contributed by atoms with Crippen LogP contribution >= 0.6 is 0 Å². The standard InChI is InChI=1S/C20H24N6O3S/c1-29-16-7-5-14(6-8-16)13-26-20(23-24-25-26)19-17(15-9-11-22-12-10-15)3-2-4-18(19)30(21,27)28/h2-8,15,22H,9-13H2,1H3,(H2,21,27,28). The Bertz CT molecular complexity index is 1120. The molecule has 0 radical (unpaired) electrons. The molecule has 10 heteroatoms. The minimum Gasteiger partial charge on any atom is -0.497 e. The van der Waals surface area contributed by atoms with Gasteiger partial charge in [-0.3, -0.25) is 0 Å². The summed E-state index contributed by atoms with van der Waals surface area (Å²) in [4.78, 5) is 0.0457. The molecule has 3 N–H and O–H groups in total. The fourth-order valence-corrected chi connectivity index (χ4v) is 4.65. The Morgan fingerprint density at radius 2 is 1.90 bits per heavy atom. The maximum absolute atomic E-state index is 12.4. The number of piperidine rings is 1. The number of tetrazole rings is 1. The van der Waals surface area contributed by atoms with E-state index in [0.29, 0.717) is 17.9 Å². The molecule has 158 valence electrons. The summed E-state index contributed by atoms with van der Waals surface area (Å²) in [5, 5.41) is 21.0. The van der Waals surface area contributed by atoms with Crippen LogP contribution in [0.3, 0.4) is 0 Å². The van der Waals surface area contributed by atoms with Crippen molar-refractivity contribution in [3.63, 3.8) is 0 Å². The SMILES string of the molecule is COc1ccc(Cn2nnnc2-c2c(C3CCNCC3)cccc2S(N)(=O)=O)cc1. The minimum atomic E-state index is -3.96. The van der Waals surface area contributed by atoms with E-state index < -0.39 is 10.0 Å². The fourth-order valence-electron chi connectivity index (χ4n) is 3.89. The molecule has 0 amide bonds. The maximum Gasteiger partial charge on any atom is 0.238 e. The van der Waals surface area contributed by atoms with Crippen LogP contribution in [0.25, 0.3) is 11.4 Å². The fraction of sp³-hybridized carbons (Fsp3) is 0.350. The predicted molar refractivity (Wildman–Crippen MR) is 112 cm³/mol. The average Bonchev–Trinajstić information content (AvgIpc) is 3.21. The van der Waals surface area contributed by atoms with Crippen LogP contribution in [-0.2, 0) is 16.6 Å². The van der Waals surface area contributed by atoms with Crippen molar-refractivity contribution in [2.45, 2.75) is 30.2 Å². The van der Waals surface area contributed by atoms with E-state index >= 15 is 0 Å². The van der Waals surface area contributed by atoms with Crippen molar-refractivity contribution in [1.29, 1.82) is 0 Å². The van der Waals surface area contributed by atoms with Gasteiger partial charge < -0.3 is 10.1 Å². The summed E-state index contributed by atoms with van der Waals surface area (Å²) in [6.07, 6.45) is 1.81. The number of primary sulfonamides is 1. The van der Waals surface area contributed by atoms with Crippen LogP contribution in [-0.4, -0.2) is 48.8 Å². The Labute approximate surface area is 175 Å². The molecule has 2 heterocycles. The van der Waals surface area contributed by atoms with Gasteiger partial charge in [0.15, 0.2) is 5.82 Å². The van der Waals surface area contributed by atoms with E-state index in [0.717, 1.165) is 42.8 Å². The first kappa shape index (κ1) is 20.5. The van der Waals surface area contributed by atoms with Crippen molar-refractivity contribution < 1.29 is 13.2 Å². The van der Waals surface area contributed by atoms with E-state index in [4.69, 9.17) is 9.88 Å². The molecule has 1 fully saturated rings. The number of sulfonamides is 1. The van der Waals surface area contributed by atoms with Gasteiger partial charge in [-0.1, -0.05) is 24.3 Å². The molecule has 0 aliphatic carbocycles. The van der Waals surface area contributed by atoms with Gasteiger partial charge in [0.1, 0.15) is 5.75 Å². The molecule has 2 aromatic carbocycles.